The molecule has 0 fully saturated rings. The highest BCUT2D eigenvalue weighted by atomic mass is 16.3. The molecule has 9 rings (SSSR count). The Morgan fingerprint density at radius 2 is 1.00 bits per heavy atom. The van der Waals surface area contributed by atoms with Crippen molar-refractivity contribution in [1.29, 1.82) is 0 Å². The molecule has 0 aliphatic rings. The highest BCUT2D eigenvalue weighted by Gasteiger charge is 2.21. The zero-order valence-corrected chi connectivity index (χ0v) is 20.8. The van der Waals surface area contributed by atoms with E-state index in [0.717, 1.165) is 0 Å². The van der Waals surface area contributed by atoms with Gasteiger partial charge in [-0.15, -0.1) is 0 Å². The van der Waals surface area contributed by atoms with Crippen molar-refractivity contribution in [2.75, 3.05) is 0 Å². The fraction of sp³-hybridized carbons (Fsp3) is 0. The molecule has 2 nitrogen and oxygen atoms in total. The molecule has 2 aromatic heterocycles. The van der Waals surface area contributed by atoms with Crippen LogP contribution in [0.25, 0.3) is 88.0 Å². The summed E-state index contributed by atoms with van der Waals surface area (Å²) in [5.74, 6) is -0.635. The fourth-order valence-corrected chi connectivity index (χ4v) is 5.15. The predicted octanol–water partition coefficient (Wildman–Crippen LogP) is 11.6. The van der Waals surface area contributed by atoms with Crippen LogP contribution in [0.3, 0.4) is 0 Å². The minimum atomic E-state index is -0.933. The Morgan fingerprint density at radius 1 is 0.405 bits per heavy atom. The lowest BCUT2D eigenvalue weighted by Gasteiger charge is -2.18. The molecule has 0 atom stereocenters. The number of hydrogen-bond acceptors (Lipinski definition) is 2. The average Bonchev–Trinajstić information content (AvgIpc) is 3.85. The van der Waals surface area contributed by atoms with Crippen LogP contribution in [0.2, 0.25) is 0 Å². The standard InChI is InChI=1S/C40H24O2/c1-3-12-25(13-4-1)36-24-33-34(41-36)23-22-32-39-31(20-11-21-35(39)42-40(32)33)38-29-18-9-7-16-27(29)37(26-14-5-2-6-15-26)28-17-8-10-19-30(28)38/h1-24H/i1D,2D,3D,4D,5D,6D,7D,8D,9D,10D,11D,12D,13D,14D,15D,16D,17D,18D,19D,20D,21D,22D,23D,24D. The molecule has 2 heterocycles. The quantitative estimate of drug-likeness (QED) is 0.201. The average molecular weight is 561 g/mol. The Balaban J connectivity index is 1.61. The largest absolute Gasteiger partial charge is 0.456 e. The van der Waals surface area contributed by atoms with Gasteiger partial charge in [0.25, 0.3) is 0 Å². The van der Waals surface area contributed by atoms with Crippen LogP contribution < -0.4 is 0 Å². The van der Waals surface area contributed by atoms with E-state index in [2.05, 4.69) is 0 Å². The van der Waals surface area contributed by atoms with Crippen molar-refractivity contribution in [2.45, 2.75) is 0 Å². The SMILES string of the molecule is [2H]c1c([2H])c([2H])c(-c2oc3c([2H])c([2H])c4c(oc5c([2H])c([2H])c([2H])c(-c6c7c([2H])c([2H])c([2H])c([2H])c7c(-c7c([2H])c([2H])c([2H])c([2H])c7[2H])c7c([2H])c([2H])c([2H])c([2H])c67)c54)c3c2[2H])c([2H])c1[2H]. The molecule has 0 saturated heterocycles. The van der Waals surface area contributed by atoms with Gasteiger partial charge < -0.3 is 8.83 Å². The second kappa shape index (κ2) is 8.95. The predicted molar refractivity (Wildman–Crippen MR) is 175 cm³/mol. The van der Waals surface area contributed by atoms with E-state index < -0.39 is 233 Å². The Kier molecular flexibility index (Phi) is 2.08. The van der Waals surface area contributed by atoms with Crippen LogP contribution in [0.1, 0.15) is 32.9 Å². The van der Waals surface area contributed by atoms with Crippen molar-refractivity contribution < 1.29 is 41.7 Å². The Morgan fingerprint density at radius 3 is 1.67 bits per heavy atom. The van der Waals surface area contributed by atoms with Crippen molar-refractivity contribution >= 4 is 54.5 Å². The van der Waals surface area contributed by atoms with E-state index in [-0.39, 0.29) is 0 Å². The summed E-state index contributed by atoms with van der Waals surface area (Å²) in [6, 6.07) is -20.7. The number of rotatable bonds is 3. The first-order valence-electron chi connectivity index (χ1n) is 24.3. The van der Waals surface area contributed by atoms with E-state index in [1.54, 1.807) is 0 Å². The molecule has 9 aromatic rings. The third-order valence-corrected chi connectivity index (χ3v) is 6.82. The monoisotopic (exact) mass is 560 g/mol. The topological polar surface area (TPSA) is 26.3 Å². The molecule has 0 aliphatic heterocycles. The zero-order valence-electron chi connectivity index (χ0n) is 44.8. The van der Waals surface area contributed by atoms with Gasteiger partial charge in [0.1, 0.15) is 22.5 Å². The summed E-state index contributed by atoms with van der Waals surface area (Å²) in [5, 5.41) is -3.97. The molecule has 7 aromatic carbocycles. The Bertz CT molecular complexity index is 3670. The van der Waals surface area contributed by atoms with E-state index >= 15 is 0 Å². The molecule has 2 heteroatoms. The second-order valence-electron chi connectivity index (χ2n) is 9.02. The van der Waals surface area contributed by atoms with Crippen LogP contribution in [0.15, 0.2) is 154 Å². The lowest BCUT2D eigenvalue weighted by atomic mass is 9.85. The molecule has 42 heavy (non-hydrogen) atoms. The molecule has 0 aliphatic carbocycles. The van der Waals surface area contributed by atoms with E-state index in [1.807, 2.05) is 0 Å². The number of furan rings is 2. The van der Waals surface area contributed by atoms with Crippen LogP contribution >= 0.6 is 0 Å². The third-order valence-electron chi connectivity index (χ3n) is 6.82. The fourth-order valence-electron chi connectivity index (χ4n) is 5.15. The van der Waals surface area contributed by atoms with Crippen molar-refractivity contribution in [1.82, 2.24) is 0 Å². The highest BCUT2D eigenvalue weighted by Crippen LogP contribution is 2.47. The normalized spacial score (nSPS) is 19.8. The lowest BCUT2D eigenvalue weighted by Crippen LogP contribution is -1.91. The van der Waals surface area contributed by atoms with Crippen LogP contribution in [0.5, 0.6) is 0 Å². The lowest BCUT2D eigenvalue weighted by molar-refractivity contribution is 0.631. The Labute approximate surface area is 275 Å². The first-order chi connectivity index (χ1) is 30.8. The minimum Gasteiger partial charge on any atom is -0.456 e. The molecule has 0 saturated carbocycles. The molecule has 0 spiro atoms. The summed E-state index contributed by atoms with van der Waals surface area (Å²) in [5.41, 5.74) is -4.85. The molecular weight excluding hydrogens is 512 g/mol. The summed E-state index contributed by atoms with van der Waals surface area (Å²) >= 11 is 0. The van der Waals surface area contributed by atoms with E-state index in [1.165, 1.54) is 0 Å². The highest BCUT2D eigenvalue weighted by molar-refractivity contribution is 6.26. The van der Waals surface area contributed by atoms with Gasteiger partial charge in [-0.3, -0.25) is 0 Å². The van der Waals surface area contributed by atoms with Crippen LogP contribution in [0, 0.1) is 0 Å². The summed E-state index contributed by atoms with van der Waals surface area (Å²) in [4.78, 5) is 0. The Hall–Kier alpha value is -5.60. The van der Waals surface area contributed by atoms with Crippen molar-refractivity contribution in [3.8, 4) is 33.6 Å². The van der Waals surface area contributed by atoms with Crippen LogP contribution in [-0.2, 0) is 0 Å². The van der Waals surface area contributed by atoms with Gasteiger partial charge in [0.05, 0.1) is 38.3 Å². The molecule has 196 valence electrons. The summed E-state index contributed by atoms with van der Waals surface area (Å²) in [6.45, 7) is 0. The van der Waals surface area contributed by atoms with E-state index in [0.29, 0.717) is 0 Å². The first-order valence-corrected chi connectivity index (χ1v) is 12.3. The number of fused-ring (bicyclic) bond motifs is 7. The molecular formula is C40H24O2. The van der Waals surface area contributed by atoms with Crippen LogP contribution in [-0.4, -0.2) is 0 Å². The zero-order chi connectivity index (χ0) is 48.5. The van der Waals surface area contributed by atoms with Gasteiger partial charge in [-0.05, 0) is 68.0 Å². The van der Waals surface area contributed by atoms with Crippen LogP contribution in [0.4, 0.5) is 0 Å². The van der Waals surface area contributed by atoms with Crippen molar-refractivity contribution in [3.05, 3.63) is 145 Å². The number of benzene rings is 7. The van der Waals surface area contributed by atoms with Crippen molar-refractivity contribution in [2.24, 2.45) is 0 Å². The van der Waals surface area contributed by atoms with Crippen molar-refractivity contribution in [3.63, 3.8) is 0 Å². The molecule has 0 bridgehead atoms. The maximum atomic E-state index is 9.46. The first kappa shape index (κ1) is 9.75. The van der Waals surface area contributed by atoms with Gasteiger partial charge in [0, 0.05) is 16.3 Å². The second-order valence-corrected chi connectivity index (χ2v) is 9.02. The van der Waals surface area contributed by atoms with Gasteiger partial charge in [0.15, 0.2) is 0 Å². The summed E-state index contributed by atoms with van der Waals surface area (Å²) in [7, 11) is 0. The van der Waals surface area contributed by atoms with Gasteiger partial charge in [-0.25, -0.2) is 0 Å². The maximum absolute atomic E-state index is 9.46. The molecule has 0 amide bonds. The van der Waals surface area contributed by atoms with Gasteiger partial charge in [-0.1, -0.05) is 121 Å². The van der Waals surface area contributed by atoms with Gasteiger partial charge in [-0.2, -0.15) is 0 Å². The molecule has 0 radical (unpaired) electrons. The number of hydrogen-bond donors (Lipinski definition) is 0. The summed E-state index contributed by atoms with van der Waals surface area (Å²) < 4.78 is 224. The molecule has 0 N–H and O–H groups in total. The third kappa shape index (κ3) is 3.33. The van der Waals surface area contributed by atoms with E-state index in [4.69, 9.17) is 32.1 Å². The van der Waals surface area contributed by atoms with Gasteiger partial charge in [0.2, 0.25) is 0 Å². The van der Waals surface area contributed by atoms with Gasteiger partial charge >= 0.3 is 0 Å². The summed E-state index contributed by atoms with van der Waals surface area (Å²) in [6.07, 6.45) is 0. The maximum Gasteiger partial charge on any atom is 0.146 e. The van der Waals surface area contributed by atoms with E-state index in [9.17, 15) is 9.60 Å². The smallest absolute Gasteiger partial charge is 0.146 e. The molecule has 0 unspecified atom stereocenters. The minimum absolute atomic E-state index is 0.428.